The van der Waals surface area contributed by atoms with Crippen LogP contribution in [0.2, 0.25) is 0 Å². The van der Waals surface area contributed by atoms with Gasteiger partial charge in [0.25, 0.3) is 0 Å². The van der Waals surface area contributed by atoms with Gasteiger partial charge in [0.05, 0.1) is 13.2 Å². The molecule has 0 saturated heterocycles. The van der Waals surface area contributed by atoms with Crippen molar-refractivity contribution in [3.8, 4) is 0 Å². The van der Waals surface area contributed by atoms with Crippen molar-refractivity contribution in [2.75, 3.05) is 26.7 Å². The summed E-state index contributed by atoms with van der Waals surface area (Å²) in [6, 6.07) is 9.39. The molecule has 112 valence electrons. The van der Waals surface area contributed by atoms with Gasteiger partial charge in [-0.15, -0.1) is 0 Å². The van der Waals surface area contributed by atoms with E-state index in [-0.39, 0.29) is 0 Å². The number of nitrogens with one attached hydrogen (secondary N) is 1. The summed E-state index contributed by atoms with van der Waals surface area (Å²) in [5.41, 5.74) is 2.67. The fourth-order valence-electron chi connectivity index (χ4n) is 2.36. The van der Waals surface area contributed by atoms with Crippen LogP contribution in [0.15, 0.2) is 24.3 Å². The minimum Gasteiger partial charge on any atom is -0.375 e. The first-order chi connectivity index (χ1) is 9.81. The predicted octanol–water partition coefficient (Wildman–Crippen LogP) is 2.80. The largest absolute Gasteiger partial charge is 0.375 e. The van der Waals surface area contributed by atoms with Crippen LogP contribution in [0.25, 0.3) is 0 Å². The Bertz CT molecular complexity index is 390. The quantitative estimate of drug-likeness (QED) is 0.665. The molecule has 0 bridgehead atoms. The molecule has 1 fully saturated rings. The average Bonchev–Trinajstić information content (AvgIpc) is 3.29. The van der Waals surface area contributed by atoms with Gasteiger partial charge in [-0.3, -0.25) is 0 Å². The molecule has 0 aromatic heterocycles. The lowest BCUT2D eigenvalue weighted by Gasteiger charge is -2.16. The third kappa shape index (κ3) is 5.23. The van der Waals surface area contributed by atoms with E-state index in [2.05, 4.69) is 48.5 Å². The number of hydrogen-bond donors (Lipinski definition) is 1. The number of benzene rings is 1. The lowest BCUT2D eigenvalue weighted by Crippen LogP contribution is -2.25. The van der Waals surface area contributed by atoms with E-state index < -0.39 is 0 Å². The van der Waals surface area contributed by atoms with Crippen LogP contribution in [0.4, 0.5) is 0 Å². The first-order valence-electron chi connectivity index (χ1n) is 7.86. The van der Waals surface area contributed by atoms with Gasteiger partial charge >= 0.3 is 0 Å². The van der Waals surface area contributed by atoms with Crippen molar-refractivity contribution in [1.82, 2.24) is 10.2 Å². The van der Waals surface area contributed by atoms with Gasteiger partial charge in [-0.05, 0) is 44.0 Å². The van der Waals surface area contributed by atoms with Crippen LogP contribution >= 0.6 is 0 Å². The summed E-state index contributed by atoms with van der Waals surface area (Å²) in [5, 5.41) is 3.46. The molecule has 1 aliphatic carbocycles. The zero-order valence-electron chi connectivity index (χ0n) is 12.9. The zero-order chi connectivity index (χ0) is 14.2. The maximum atomic E-state index is 5.85. The number of hydrogen-bond acceptors (Lipinski definition) is 3. The van der Waals surface area contributed by atoms with E-state index in [1.807, 2.05) is 0 Å². The maximum Gasteiger partial charge on any atom is 0.0720 e. The predicted molar refractivity (Wildman–Crippen MR) is 83.7 cm³/mol. The minimum absolute atomic E-state index is 0.725. The van der Waals surface area contributed by atoms with Crippen LogP contribution in [0.3, 0.4) is 0 Å². The lowest BCUT2D eigenvalue weighted by molar-refractivity contribution is 0.0973. The molecule has 0 heterocycles. The van der Waals surface area contributed by atoms with Gasteiger partial charge in [0.15, 0.2) is 0 Å². The van der Waals surface area contributed by atoms with Crippen LogP contribution < -0.4 is 5.32 Å². The van der Waals surface area contributed by atoms with Crippen molar-refractivity contribution in [3.05, 3.63) is 35.4 Å². The summed E-state index contributed by atoms with van der Waals surface area (Å²) in [6.45, 7) is 6.79. The Hall–Kier alpha value is -0.900. The highest BCUT2D eigenvalue weighted by atomic mass is 16.5. The van der Waals surface area contributed by atoms with Crippen molar-refractivity contribution in [1.29, 1.82) is 0 Å². The van der Waals surface area contributed by atoms with Gasteiger partial charge in [0.2, 0.25) is 0 Å². The first kappa shape index (κ1) is 15.5. The normalized spacial score (nSPS) is 14.9. The van der Waals surface area contributed by atoms with Crippen LogP contribution in [0.1, 0.15) is 37.3 Å². The van der Waals surface area contributed by atoms with Gasteiger partial charge in [-0.1, -0.05) is 31.2 Å². The summed E-state index contributed by atoms with van der Waals surface area (Å²) in [4.78, 5) is 2.41. The molecule has 1 aliphatic rings. The standard InChI is InChI=1S/C17H28N2O/c1-3-10-18-13-15-6-4-5-7-16(15)14-20-12-11-19(2)17-8-9-17/h4-7,17-18H,3,8-14H2,1-2H3. The summed E-state index contributed by atoms with van der Waals surface area (Å²) < 4.78 is 5.85. The molecule has 20 heavy (non-hydrogen) atoms. The van der Waals surface area contributed by atoms with Crippen LogP contribution in [0.5, 0.6) is 0 Å². The summed E-state index contributed by atoms with van der Waals surface area (Å²) in [7, 11) is 2.20. The Morgan fingerprint density at radius 2 is 2.00 bits per heavy atom. The van der Waals surface area contributed by atoms with E-state index in [1.54, 1.807) is 0 Å². The van der Waals surface area contributed by atoms with Gasteiger partial charge in [-0.25, -0.2) is 0 Å². The van der Waals surface area contributed by atoms with E-state index in [1.165, 1.54) is 30.4 Å². The fourth-order valence-corrected chi connectivity index (χ4v) is 2.36. The summed E-state index contributed by atoms with van der Waals surface area (Å²) in [5.74, 6) is 0. The molecule has 0 radical (unpaired) electrons. The Kier molecular flexibility index (Phi) is 6.51. The minimum atomic E-state index is 0.725. The third-order valence-electron chi connectivity index (χ3n) is 3.88. The monoisotopic (exact) mass is 276 g/mol. The topological polar surface area (TPSA) is 24.5 Å². The number of nitrogens with zero attached hydrogens (tertiary/aromatic N) is 1. The molecule has 1 aromatic rings. The Balaban J connectivity index is 1.70. The molecule has 0 unspecified atom stereocenters. The molecule has 0 aliphatic heterocycles. The Morgan fingerprint density at radius 1 is 1.25 bits per heavy atom. The van der Waals surface area contributed by atoms with E-state index in [0.29, 0.717) is 0 Å². The molecule has 1 saturated carbocycles. The Morgan fingerprint density at radius 3 is 2.70 bits per heavy atom. The highest BCUT2D eigenvalue weighted by Gasteiger charge is 2.25. The van der Waals surface area contributed by atoms with E-state index >= 15 is 0 Å². The lowest BCUT2D eigenvalue weighted by atomic mass is 10.1. The van der Waals surface area contributed by atoms with Crippen LogP contribution in [0, 0.1) is 0 Å². The van der Waals surface area contributed by atoms with Crippen molar-refractivity contribution in [2.24, 2.45) is 0 Å². The molecule has 0 amide bonds. The van der Waals surface area contributed by atoms with E-state index in [9.17, 15) is 0 Å². The molecular weight excluding hydrogens is 248 g/mol. The molecule has 3 nitrogen and oxygen atoms in total. The molecule has 0 atom stereocenters. The smallest absolute Gasteiger partial charge is 0.0720 e. The van der Waals surface area contributed by atoms with Crippen molar-refractivity contribution >= 4 is 0 Å². The zero-order valence-corrected chi connectivity index (χ0v) is 12.9. The summed E-state index contributed by atoms with van der Waals surface area (Å²) >= 11 is 0. The molecule has 0 spiro atoms. The van der Waals surface area contributed by atoms with Gasteiger partial charge in [0.1, 0.15) is 0 Å². The number of ether oxygens (including phenoxy) is 1. The van der Waals surface area contributed by atoms with Crippen molar-refractivity contribution < 1.29 is 4.74 Å². The number of rotatable bonds is 10. The highest BCUT2D eigenvalue weighted by molar-refractivity contribution is 5.26. The van der Waals surface area contributed by atoms with Gasteiger partial charge < -0.3 is 15.0 Å². The molecule has 3 heteroatoms. The molecule has 1 N–H and O–H groups in total. The third-order valence-corrected chi connectivity index (χ3v) is 3.88. The molecule has 2 rings (SSSR count). The first-order valence-corrected chi connectivity index (χ1v) is 7.86. The van der Waals surface area contributed by atoms with Crippen LogP contribution in [-0.2, 0) is 17.9 Å². The van der Waals surface area contributed by atoms with Gasteiger partial charge in [0, 0.05) is 19.1 Å². The second kappa shape index (κ2) is 8.40. The van der Waals surface area contributed by atoms with Crippen LogP contribution in [-0.4, -0.2) is 37.7 Å². The second-order valence-corrected chi connectivity index (χ2v) is 5.71. The van der Waals surface area contributed by atoms with E-state index in [0.717, 1.165) is 38.9 Å². The summed E-state index contributed by atoms with van der Waals surface area (Å²) in [6.07, 6.45) is 3.90. The second-order valence-electron chi connectivity index (χ2n) is 5.71. The van der Waals surface area contributed by atoms with E-state index in [4.69, 9.17) is 4.74 Å². The van der Waals surface area contributed by atoms with Gasteiger partial charge in [-0.2, -0.15) is 0 Å². The maximum absolute atomic E-state index is 5.85. The number of likely N-dealkylation sites (N-methyl/N-ethyl adjacent to an activating group) is 1. The highest BCUT2D eigenvalue weighted by Crippen LogP contribution is 2.24. The molecular formula is C17H28N2O. The SMILES string of the molecule is CCCNCc1ccccc1COCCN(C)C1CC1. The average molecular weight is 276 g/mol. The molecule has 1 aromatic carbocycles. The fraction of sp³-hybridized carbons (Fsp3) is 0.647. The van der Waals surface area contributed by atoms with Crippen molar-refractivity contribution in [2.45, 2.75) is 45.4 Å². The Labute approximate surface area is 123 Å². The van der Waals surface area contributed by atoms with Crippen molar-refractivity contribution in [3.63, 3.8) is 0 Å².